The van der Waals surface area contributed by atoms with Crippen LogP contribution in [0, 0.1) is 52.3 Å². The Labute approximate surface area is 221 Å². The Morgan fingerprint density at radius 2 is 1.75 bits per heavy atom. The van der Waals surface area contributed by atoms with Crippen LogP contribution >= 0.6 is 0 Å². The number of fused-ring (bicyclic) bond motifs is 5. The van der Waals surface area contributed by atoms with E-state index in [0.717, 1.165) is 56.1 Å². The van der Waals surface area contributed by atoms with Gasteiger partial charge in [-0.3, -0.25) is 0 Å². The Kier molecular flexibility index (Phi) is 8.48. The molecule has 1 saturated heterocycles. The predicted octanol–water partition coefficient (Wildman–Crippen LogP) is 6.93. The Bertz CT molecular complexity index is 724. The lowest BCUT2D eigenvalue weighted by molar-refractivity contribution is -0.202. The van der Waals surface area contributed by atoms with Crippen molar-refractivity contribution in [2.75, 3.05) is 13.2 Å². The molecule has 0 amide bonds. The molecule has 5 fully saturated rings. The van der Waals surface area contributed by atoms with Crippen LogP contribution in [-0.4, -0.2) is 36.8 Å². The van der Waals surface area contributed by atoms with E-state index in [-0.39, 0.29) is 12.4 Å². The van der Waals surface area contributed by atoms with E-state index in [1.54, 1.807) is 0 Å². The zero-order valence-corrected chi connectivity index (χ0v) is 23.9. The largest absolute Gasteiger partial charge is 0.393 e. The van der Waals surface area contributed by atoms with Crippen LogP contribution in [0.25, 0.3) is 0 Å². The second-order valence-corrected chi connectivity index (χ2v) is 14.6. The summed E-state index contributed by atoms with van der Waals surface area (Å²) in [7, 11) is 0. The third kappa shape index (κ3) is 5.07. The van der Waals surface area contributed by atoms with Gasteiger partial charge in [-0.2, -0.15) is 0 Å². The number of nitrogens with two attached hydrogens (primary N) is 1. The van der Waals surface area contributed by atoms with E-state index < -0.39 is 0 Å². The summed E-state index contributed by atoms with van der Waals surface area (Å²) >= 11 is 0. The van der Waals surface area contributed by atoms with E-state index in [4.69, 9.17) is 15.2 Å². The summed E-state index contributed by atoms with van der Waals surface area (Å²) in [5, 5.41) is 10.4. The molecule has 5 rings (SSSR count). The highest BCUT2D eigenvalue weighted by Crippen LogP contribution is 2.68. The van der Waals surface area contributed by atoms with Crippen LogP contribution in [0.3, 0.4) is 0 Å². The van der Waals surface area contributed by atoms with E-state index in [9.17, 15) is 5.11 Å². The normalized spacial score (nSPS) is 48.5. The van der Waals surface area contributed by atoms with Gasteiger partial charge in [0.15, 0.2) is 6.29 Å². The lowest BCUT2D eigenvalue weighted by atomic mass is 9.44. The summed E-state index contributed by atoms with van der Waals surface area (Å²) in [6, 6.07) is 0. The maximum absolute atomic E-state index is 10.4. The molecule has 0 aromatic carbocycles. The molecule has 4 aliphatic carbocycles. The van der Waals surface area contributed by atoms with Crippen LogP contribution < -0.4 is 5.73 Å². The van der Waals surface area contributed by atoms with Crippen LogP contribution in [0.4, 0.5) is 0 Å². The second kappa shape index (κ2) is 11.1. The van der Waals surface area contributed by atoms with E-state index in [1.165, 1.54) is 70.6 Å². The lowest BCUT2D eigenvalue weighted by Gasteiger charge is -2.61. The van der Waals surface area contributed by atoms with Gasteiger partial charge in [0.05, 0.1) is 12.2 Å². The molecule has 208 valence electrons. The van der Waals surface area contributed by atoms with E-state index in [2.05, 4.69) is 27.7 Å². The van der Waals surface area contributed by atoms with Crippen molar-refractivity contribution in [2.45, 2.75) is 136 Å². The summed E-state index contributed by atoms with van der Waals surface area (Å²) in [5.74, 6) is 5.15. The van der Waals surface area contributed by atoms with Crippen molar-refractivity contribution >= 4 is 0 Å². The number of aliphatic hydroxyl groups is 1. The SMILES string of the molecule is CC(CN)CCC[C@@H](C)C1C(OC2CCCCO2)CC2C3CCC4CC(O)CCC4(C)[C@H]3CCC21C. The summed E-state index contributed by atoms with van der Waals surface area (Å²) in [6.07, 6.45) is 17.7. The van der Waals surface area contributed by atoms with E-state index in [1.807, 2.05) is 0 Å². The Morgan fingerprint density at radius 3 is 2.50 bits per heavy atom. The zero-order valence-electron chi connectivity index (χ0n) is 23.9. The zero-order chi connectivity index (χ0) is 25.5. The minimum absolute atomic E-state index is 0.0170. The maximum Gasteiger partial charge on any atom is 0.157 e. The summed E-state index contributed by atoms with van der Waals surface area (Å²) < 4.78 is 13.1. The molecule has 0 bridgehead atoms. The highest BCUT2D eigenvalue weighted by atomic mass is 16.7. The van der Waals surface area contributed by atoms with Crippen LogP contribution in [0.5, 0.6) is 0 Å². The molecule has 0 spiro atoms. The van der Waals surface area contributed by atoms with Crippen molar-refractivity contribution in [2.24, 2.45) is 58.0 Å². The van der Waals surface area contributed by atoms with E-state index in [0.29, 0.717) is 34.7 Å². The number of rotatable bonds is 8. The van der Waals surface area contributed by atoms with Crippen molar-refractivity contribution < 1.29 is 14.6 Å². The van der Waals surface area contributed by atoms with Crippen LogP contribution in [-0.2, 0) is 9.47 Å². The molecular weight excluding hydrogens is 446 g/mol. The van der Waals surface area contributed by atoms with Crippen LogP contribution in [0.2, 0.25) is 0 Å². The molecule has 0 aromatic rings. The smallest absolute Gasteiger partial charge is 0.157 e. The minimum Gasteiger partial charge on any atom is -0.393 e. The molecule has 12 atom stereocenters. The molecule has 1 aliphatic heterocycles. The van der Waals surface area contributed by atoms with Crippen molar-refractivity contribution in [3.05, 3.63) is 0 Å². The molecule has 4 heteroatoms. The standard InChI is InChI=1S/C32H57NO3/c1-21(20-33)8-7-9-22(2)30-28(36-29-10-5-6-17-35-29)19-27-25-12-11-23-18-24(34)13-15-31(23,3)26(25)14-16-32(27,30)4/h21-30,34H,5-20,33H2,1-4H3/t21?,22-,23?,24?,25?,26+,27?,28?,29?,30?,31?,32?/m1/s1. The van der Waals surface area contributed by atoms with Crippen molar-refractivity contribution in [1.82, 2.24) is 0 Å². The third-order valence-corrected chi connectivity index (χ3v) is 12.6. The van der Waals surface area contributed by atoms with Crippen molar-refractivity contribution in [3.63, 3.8) is 0 Å². The van der Waals surface area contributed by atoms with Gasteiger partial charge in [-0.25, -0.2) is 0 Å². The molecule has 4 nitrogen and oxygen atoms in total. The number of ether oxygens (including phenoxy) is 2. The van der Waals surface area contributed by atoms with Gasteiger partial charge in [-0.1, -0.05) is 40.5 Å². The molecule has 0 aromatic heterocycles. The average molecular weight is 504 g/mol. The quantitative estimate of drug-likeness (QED) is 0.377. The van der Waals surface area contributed by atoms with Crippen molar-refractivity contribution in [1.29, 1.82) is 0 Å². The van der Waals surface area contributed by atoms with E-state index >= 15 is 0 Å². The molecule has 36 heavy (non-hydrogen) atoms. The van der Waals surface area contributed by atoms with Crippen LogP contribution in [0.1, 0.15) is 118 Å². The Hall–Kier alpha value is -0.160. The molecule has 10 unspecified atom stereocenters. The van der Waals surface area contributed by atoms with Gasteiger partial charge >= 0.3 is 0 Å². The van der Waals surface area contributed by atoms with Gasteiger partial charge < -0.3 is 20.3 Å². The van der Waals surface area contributed by atoms with Gasteiger partial charge in [0.1, 0.15) is 0 Å². The fourth-order valence-corrected chi connectivity index (χ4v) is 10.5. The monoisotopic (exact) mass is 503 g/mol. The molecule has 0 radical (unpaired) electrons. The van der Waals surface area contributed by atoms with Gasteiger partial charge in [-0.15, -0.1) is 0 Å². The Morgan fingerprint density at radius 1 is 0.944 bits per heavy atom. The average Bonchev–Trinajstić information content (AvgIpc) is 3.16. The fraction of sp³-hybridized carbons (Fsp3) is 1.00. The topological polar surface area (TPSA) is 64.7 Å². The summed E-state index contributed by atoms with van der Waals surface area (Å²) in [5.41, 5.74) is 6.75. The highest BCUT2D eigenvalue weighted by molar-refractivity contribution is 5.12. The first kappa shape index (κ1) is 27.4. The molecule has 3 N–H and O–H groups in total. The Balaban J connectivity index is 1.36. The second-order valence-electron chi connectivity index (χ2n) is 14.6. The molecule has 4 saturated carbocycles. The summed E-state index contributed by atoms with van der Waals surface area (Å²) in [6.45, 7) is 11.8. The third-order valence-electron chi connectivity index (χ3n) is 12.6. The first-order valence-corrected chi connectivity index (χ1v) is 15.9. The van der Waals surface area contributed by atoms with Crippen LogP contribution in [0.15, 0.2) is 0 Å². The summed E-state index contributed by atoms with van der Waals surface area (Å²) in [4.78, 5) is 0. The van der Waals surface area contributed by atoms with Gasteiger partial charge in [0.2, 0.25) is 0 Å². The molecule has 1 heterocycles. The number of hydrogen-bond donors (Lipinski definition) is 2. The lowest BCUT2D eigenvalue weighted by Crippen LogP contribution is -2.54. The van der Waals surface area contributed by atoms with Gasteiger partial charge in [-0.05, 0) is 136 Å². The first-order valence-electron chi connectivity index (χ1n) is 15.9. The van der Waals surface area contributed by atoms with Crippen molar-refractivity contribution in [3.8, 4) is 0 Å². The number of hydrogen-bond acceptors (Lipinski definition) is 4. The maximum atomic E-state index is 10.4. The predicted molar refractivity (Wildman–Crippen MR) is 146 cm³/mol. The minimum atomic E-state index is -0.0551. The fourth-order valence-electron chi connectivity index (χ4n) is 10.5. The van der Waals surface area contributed by atoms with Gasteiger partial charge in [0, 0.05) is 6.61 Å². The molecular formula is C32H57NO3. The highest BCUT2D eigenvalue weighted by Gasteiger charge is 2.63. The first-order chi connectivity index (χ1) is 17.3. The molecule has 5 aliphatic rings. The van der Waals surface area contributed by atoms with Gasteiger partial charge in [0.25, 0.3) is 0 Å². The number of aliphatic hydroxyl groups excluding tert-OH is 1.